The zero-order valence-corrected chi connectivity index (χ0v) is 13.9. The Bertz CT molecular complexity index is 924. The number of nitrogens with one attached hydrogen (secondary N) is 1. The summed E-state index contributed by atoms with van der Waals surface area (Å²) >= 11 is 1.21. The SMILES string of the molecule is Cc1cccc(NC(=O)CCn2c(=O)sc3ccccc32)c1C. The van der Waals surface area contributed by atoms with Gasteiger partial charge in [-0.15, -0.1) is 0 Å². The Morgan fingerprint density at radius 1 is 1.13 bits per heavy atom. The van der Waals surface area contributed by atoms with Gasteiger partial charge in [-0.3, -0.25) is 14.2 Å². The maximum Gasteiger partial charge on any atom is 0.308 e. The number of carbonyl (C=O) groups is 1. The first-order valence-corrected chi connectivity index (χ1v) is 8.32. The van der Waals surface area contributed by atoms with Gasteiger partial charge < -0.3 is 5.32 Å². The van der Waals surface area contributed by atoms with Gasteiger partial charge in [-0.05, 0) is 43.2 Å². The van der Waals surface area contributed by atoms with E-state index in [4.69, 9.17) is 0 Å². The van der Waals surface area contributed by atoms with Gasteiger partial charge in [-0.25, -0.2) is 0 Å². The lowest BCUT2D eigenvalue weighted by atomic mass is 10.1. The number of thiazole rings is 1. The zero-order valence-electron chi connectivity index (χ0n) is 13.1. The van der Waals surface area contributed by atoms with E-state index in [1.54, 1.807) is 4.57 Å². The van der Waals surface area contributed by atoms with E-state index in [1.807, 2.05) is 56.3 Å². The lowest BCUT2D eigenvalue weighted by Crippen LogP contribution is -2.19. The molecule has 0 saturated heterocycles. The van der Waals surface area contributed by atoms with Crippen LogP contribution >= 0.6 is 11.3 Å². The average Bonchev–Trinajstić information content (AvgIpc) is 2.85. The number of hydrogen-bond acceptors (Lipinski definition) is 3. The van der Waals surface area contributed by atoms with E-state index in [0.29, 0.717) is 6.54 Å². The number of fused-ring (bicyclic) bond motifs is 1. The Morgan fingerprint density at radius 2 is 1.91 bits per heavy atom. The number of carbonyl (C=O) groups excluding carboxylic acids is 1. The van der Waals surface area contributed by atoms with Crippen LogP contribution in [0.2, 0.25) is 0 Å². The van der Waals surface area contributed by atoms with Gasteiger partial charge in [-0.2, -0.15) is 0 Å². The highest BCUT2D eigenvalue weighted by atomic mass is 32.1. The smallest absolute Gasteiger partial charge is 0.308 e. The molecule has 0 radical (unpaired) electrons. The Balaban J connectivity index is 1.72. The molecule has 1 amide bonds. The molecule has 0 unspecified atom stereocenters. The van der Waals surface area contributed by atoms with E-state index < -0.39 is 0 Å². The van der Waals surface area contributed by atoms with E-state index in [1.165, 1.54) is 11.3 Å². The number of aryl methyl sites for hydroxylation is 2. The van der Waals surface area contributed by atoms with Crippen molar-refractivity contribution < 1.29 is 4.79 Å². The Kier molecular flexibility index (Phi) is 4.30. The van der Waals surface area contributed by atoms with Crippen molar-refractivity contribution in [2.24, 2.45) is 0 Å². The molecule has 2 aromatic carbocycles. The van der Waals surface area contributed by atoms with E-state index in [0.717, 1.165) is 27.0 Å². The molecule has 3 aromatic rings. The monoisotopic (exact) mass is 326 g/mol. The van der Waals surface area contributed by atoms with Crippen LogP contribution < -0.4 is 10.2 Å². The summed E-state index contributed by atoms with van der Waals surface area (Å²) in [6.45, 7) is 4.39. The lowest BCUT2D eigenvalue weighted by Gasteiger charge is -2.10. The minimum atomic E-state index is -0.0825. The fraction of sp³-hybridized carbons (Fsp3) is 0.222. The normalized spacial score (nSPS) is 10.9. The summed E-state index contributed by atoms with van der Waals surface area (Å²) < 4.78 is 2.62. The van der Waals surface area contributed by atoms with E-state index in [9.17, 15) is 9.59 Å². The van der Waals surface area contributed by atoms with Gasteiger partial charge in [0.25, 0.3) is 0 Å². The zero-order chi connectivity index (χ0) is 16.4. The summed E-state index contributed by atoms with van der Waals surface area (Å²) in [5.74, 6) is -0.0825. The number of nitrogens with zero attached hydrogens (tertiary/aromatic N) is 1. The van der Waals surface area contributed by atoms with Crippen molar-refractivity contribution in [1.29, 1.82) is 0 Å². The quantitative estimate of drug-likeness (QED) is 0.794. The average molecular weight is 326 g/mol. The minimum absolute atomic E-state index is 0.0225. The molecule has 1 aromatic heterocycles. The molecule has 0 aliphatic carbocycles. The molecule has 0 fully saturated rings. The summed E-state index contributed by atoms with van der Waals surface area (Å²) in [6, 6.07) is 13.5. The maximum atomic E-state index is 12.2. The molecule has 118 valence electrons. The molecule has 4 nitrogen and oxygen atoms in total. The third-order valence-electron chi connectivity index (χ3n) is 4.01. The fourth-order valence-corrected chi connectivity index (χ4v) is 3.46. The molecule has 3 rings (SSSR count). The first-order valence-electron chi connectivity index (χ1n) is 7.50. The molecular weight excluding hydrogens is 308 g/mol. The molecule has 0 aliphatic rings. The van der Waals surface area contributed by atoms with Crippen LogP contribution in [0.4, 0.5) is 5.69 Å². The second-order valence-electron chi connectivity index (χ2n) is 5.53. The molecule has 1 N–H and O–H groups in total. The molecular formula is C18H18N2O2S. The van der Waals surface area contributed by atoms with Gasteiger partial charge in [0.05, 0.1) is 10.2 Å². The van der Waals surface area contributed by atoms with Crippen LogP contribution in [-0.4, -0.2) is 10.5 Å². The van der Waals surface area contributed by atoms with Crippen molar-refractivity contribution in [3.63, 3.8) is 0 Å². The Labute approximate surface area is 138 Å². The van der Waals surface area contributed by atoms with Crippen LogP contribution in [0.15, 0.2) is 47.3 Å². The number of aromatic nitrogens is 1. The third-order valence-corrected chi connectivity index (χ3v) is 4.98. The predicted molar refractivity (Wildman–Crippen MR) is 95.2 cm³/mol. The van der Waals surface area contributed by atoms with Crippen LogP contribution in [0, 0.1) is 13.8 Å². The third kappa shape index (κ3) is 3.19. The standard InChI is InChI=1S/C18H18N2O2S/c1-12-6-5-7-14(13(12)2)19-17(21)10-11-20-15-8-3-4-9-16(15)23-18(20)22/h3-9H,10-11H2,1-2H3,(H,19,21). The Hall–Kier alpha value is -2.40. The molecule has 0 atom stereocenters. The molecule has 23 heavy (non-hydrogen) atoms. The first-order chi connectivity index (χ1) is 11.1. The topological polar surface area (TPSA) is 51.1 Å². The number of anilines is 1. The van der Waals surface area contributed by atoms with E-state index in [-0.39, 0.29) is 17.2 Å². The lowest BCUT2D eigenvalue weighted by molar-refractivity contribution is -0.116. The second-order valence-corrected chi connectivity index (χ2v) is 6.53. The summed E-state index contributed by atoms with van der Waals surface area (Å²) in [5, 5.41) is 2.93. The van der Waals surface area contributed by atoms with Crippen LogP contribution in [0.25, 0.3) is 10.2 Å². The van der Waals surface area contributed by atoms with Gasteiger partial charge in [0.15, 0.2) is 0 Å². The van der Waals surface area contributed by atoms with Crippen LogP contribution in [0.1, 0.15) is 17.5 Å². The van der Waals surface area contributed by atoms with E-state index in [2.05, 4.69) is 5.32 Å². The first kappa shape index (κ1) is 15.5. The van der Waals surface area contributed by atoms with Crippen LogP contribution in [0.3, 0.4) is 0 Å². The molecule has 1 heterocycles. The van der Waals surface area contributed by atoms with Crippen LogP contribution in [0.5, 0.6) is 0 Å². The summed E-state index contributed by atoms with van der Waals surface area (Å²) in [7, 11) is 0. The van der Waals surface area contributed by atoms with Crippen molar-refractivity contribution in [3.8, 4) is 0 Å². The van der Waals surface area contributed by atoms with Crippen molar-refractivity contribution in [2.75, 3.05) is 5.32 Å². The highest BCUT2D eigenvalue weighted by molar-refractivity contribution is 7.16. The second kappa shape index (κ2) is 6.38. The van der Waals surface area contributed by atoms with Gasteiger partial charge in [0.2, 0.25) is 5.91 Å². The molecule has 0 saturated carbocycles. The summed E-state index contributed by atoms with van der Waals surface area (Å²) in [5.41, 5.74) is 3.93. The predicted octanol–water partition coefficient (Wildman–Crippen LogP) is 3.71. The Morgan fingerprint density at radius 3 is 2.74 bits per heavy atom. The number of rotatable bonds is 4. The van der Waals surface area contributed by atoms with Gasteiger partial charge in [-0.1, -0.05) is 35.6 Å². The van der Waals surface area contributed by atoms with Crippen molar-refractivity contribution in [1.82, 2.24) is 4.57 Å². The van der Waals surface area contributed by atoms with Crippen molar-refractivity contribution in [3.05, 3.63) is 63.3 Å². The summed E-state index contributed by atoms with van der Waals surface area (Å²) in [4.78, 5) is 24.2. The summed E-state index contributed by atoms with van der Waals surface area (Å²) in [6.07, 6.45) is 0.272. The van der Waals surface area contributed by atoms with Crippen LogP contribution in [-0.2, 0) is 11.3 Å². The molecule has 0 spiro atoms. The molecule has 5 heteroatoms. The van der Waals surface area contributed by atoms with Crippen molar-refractivity contribution in [2.45, 2.75) is 26.8 Å². The van der Waals surface area contributed by atoms with Gasteiger partial charge >= 0.3 is 4.87 Å². The van der Waals surface area contributed by atoms with Gasteiger partial charge in [0, 0.05) is 18.7 Å². The molecule has 0 aliphatic heterocycles. The highest BCUT2D eigenvalue weighted by Crippen LogP contribution is 2.19. The van der Waals surface area contributed by atoms with Gasteiger partial charge in [0.1, 0.15) is 0 Å². The largest absolute Gasteiger partial charge is 0.326 e. The molecule has 0 bridgehead atoms. The fourth-order valence-electron chi connectivity index (χ4n) is 2.54. The maximum absolute atomic E-state index is 12.2. The minimum Gasteiger partial charge on any atom is -0.326 e. The number of amides is 1. The number of hydrogen-bond donors (Lipinski definition) is 1. The number of para-hydroxylation sites is 1. The van der Waals surface area contributed by atoms with E-state index >= 15 is 0 Å². The number of benzene rings is 2. The highest BCUT2D eigenvalue weighted by Gasteiger charge is 2.10. The van der Waals surface area contributed by atoms with Crippen molar-refractivity contribution >= 4 is 33.1 Å².